The molecule has 96 valence electrons. The van der Waals surface area contributed by atoms with Gasteiger partial charge in [-0.05, 0) is 24.5 Å². The van der Waals surface area contributed by atoms with Crippen LogP contribution in [0.25, 0.3) is 11.0 Å². The molecule has 1 aromatic heterocycles. The Hall–Kier alpha value is -1.02. The third kappa shape index (κ3) is 2.26. The Bertz CT molecular complexity index is 526. The quantitative estimate of drug-likeness (QED) is 0.749. The second-order valence-corrected chi connectivity index (χ2v) is 5.51. The molecule has 0 atom stereocenters. The van der Waals surface area contributed by atoms with Gasteiger partial charge >= 0.3 is 0 Å². The second-order valence-electron chi connectivity index (χ2n) is 5.24. The van der Waals surface area contributed by atoms with Crippen LogP contribution in [0, 0.1) is 5.92 Å². The van der Waals surface area contributed by atoms with Crippen molar-refractivity contribution in [1.82, 2.24) is 9.55 Å². The van der Waals surface area contributed by atoms with Crippen LogP contribution in [0.3, 0.4) is 0 Å². The predicted octanol–water partition coefficient (Wildman–Crippen LogP) is 4.36. The zero-order chi connectivity index (χ0) is 12.4. The van der Waals surface area contributed by atoms with Crippen molar-refractivity contribution in [2.75, 3.05) is 0 Å². The fourth-order valence-electron chi connectivity index (χ4n) is 3.09. The number of halogens is 1. The van der Waals surface area contributed by atoms with Crippen molar-refractivity contribution in [3.05, 3.63) is 30.1 Å². The standard InChI is InChI=1S/C15H19ClN2/c16-11-15-17-13-7-3-4-8-14(13)18(15)10-9-12-5-1-2-6-12/h3-4,7-8,12H,1-2,5-6,9-11H2. The first-order valence-electron chi connectivity index (χ1n) is 6.88. The normalized spacial score (nSPS) is 16.7. The van der Waals surface area contributed by atoms with Gasteiger partial charge in [0.25, 0.3) is 0 Å². The Morgan fingerprint density at radius 2 is 2.00 bits per heavy atom. The van der Waals surface area contributed by atoms with Crippen molar-refractivity contribution in [3.63, 3.8) is 0 Å². The van der Waals surface area contributed by atoms with E-state index in [9.17, 15) is 0 Å². The number of aryl methyl sites for hydroxylation is 1. The maximum atomic E-state index is 6.02. The van der Waals surface area contributed by atoms with E-state index < -0.39 is 0 Å². The highest BCUT2D eigenvalue weighted by Crippen LogP contribution is 2.29. The van der Waals surface area contributed by atoms with Gasteiger partial charge in [-0.25, -0.2) is 4.98 Å². The lowest BCUT2D eigenvalue weighted by atomic mass is 10.0. The molecule has 1 heterocycles. The van der Waals surface area contributed by atoms with Crippen LogP contribution < -0.4 is 0 Å². The van der Waals surface area contributed by atoms with Crippen molar-refractivity contribution in [2.45, 2.75) is 44.5 Å². The maximum absolute atomic E-state index is 6.02. The molecular formula is C15H19ClN2. The average Bonchev–Trinajstić information content (AvgIpc) is 3.03. The summed E-state index contributed by atoms with van der Waals surface area (Å²) >= 11 is 6.02. The summed E-state index contributed by atoms with van der Waals surface area (Å²) in [5, 5.41) is 0. The molecule has 0 spiro atoms. The molecule has 3 rings (SSSR count). The van der Waals surface area contributed by atoms with E-state index in [2.05, 4.69) is 27.8 Å². The number of nitrogens with zero attached hydrogens (tertiary/aromatic N) is 2. The van der Waals surface area contributed by atoms with Crippen LogP contribution in [-0.4, -0.2) is 9.55 Å². The highest BCUT2D eigenvalue weighted by Gasteiger charge is 2.16. The molecule has 1 saturated carbocycles. The minimum atomic E-state index is 0.499. The van der Waals surface area contributed by atoms with E-state index in [1.165, 1.54) is 37.6 Å². The number of hydrogen-bond acceptors (Lipinski definition) is 1. The fourth-order valence-corrected chi connectivity index (χ4v) is 3.29. The van der Waals surface area contributed by atoms with Gasteiger partial charge in [0, 0.05) is 6.54 Å². The van der Waals surface area contributed by atoms with Crippen molar-refractivity contribution in [2.24, 2.45) is 5.92 Å². The molecule has 0 amide bonds. The molecule has 1 fully saturated rings. The van der Waals surface area contributed by atoms with Crippen LogP contribution >= 0.6 is 11.6 Å². The van der Waals surface area contributed by atoms with E-state index in [1.54, 1.807) is 0 Å². The molecule has 0 saturated heterocycles. The van der Waals surface area contributed by atoms with Crippen molar-refractivity contribution >= 4 is 22.6 Å². The zero-order valence-corrected chi connectivity index (χ0v) is 11.4. The van der Waals surface area contributed by atoms with Gasteiger partial charge in [-0.3, -0.25) is 0 Å². The van der Waals surface area contributed by atoms with Crippen LogP contribution in [0.15, 0.2) is 24.3 Å². The molecule has 1 aliphatic carbocycles. The van der Waals surface area contributed by atoms with Crippen LogP contribution in [-0.2, 0) is 12.4 Å². The molecule has 18 heavy (non-hydrogen) atoms. The molecule has 2 nitrogen and oxygen atoms in total. The van der Waals surface area contributed by atoms with E-state index in [4.69, 9.17) is 11.6 Å². The van der Waals surface area contributed by atoms with Gasteiger partial charge in [0.2, 0.25) is 0 Å². The number of hydrogen-bond donors (Lipinski definition) is 0. The first kappa shape index (κ1) is 12.0. The number of benzene rings is 1. The Morgan fingerprint density at radius 1 is 1.22 bits per heavy atom. The van der Waals surface area contributed by atoms with E-state index in [1.807, 2.05) is 6.07 Å². The van der Waals surface area contributed by atoms with E-state index in [0.29, 0.717) is 5.88 Å². The van der Waals surface area contributed by atoms with Gasteiger partial charge in [0.1, 0.15) is 5.82 Å². The number of alkyl halides is 1. The minimum Gasteiger partial charge on any atom is -0.327 e. The van der Waals surface area contributed by atoms with Crippen LogP contribution in [0.4, 0.5) is 0 Å². The summed E-state index contributed by atoms with van der Waals surface area (Å²) in [5.74, 6) is 2.42. The first-order valence-corrected chi connectivity index (χ1v) is 7.42. The summed E-state index contributed by atoms with van der Waals surface area (Å²) in [4.78, 5) is 4.61. The largest absolute Gasteiger partial charge is 0.327 e. The summed E-state index contributed by atoms with van der Waals surface area (Å²) in [5.41, 5.74) is 2.30. The third-order valence-corrected chi connectivity index (χ3v) is 4.33. The Morgan fingerprint density at radius 3 is 2.78 bits per heavy atom. The van der Waals surface area contributed by atoms with Crippen LogP contribution in [0.2, 0.25) is 0 Å². The molecule has 0 N–H and O–H groups in total. The predicted molar refractivity (Wildman–Crippen MR) is 75.9 cm³/mol. The van der Waals surface area contributed by atoms with Crippen LogP contribution in [0.5, 0.6) is 0 Å². The van der Waals surface area contributed by atoms with Gasteiger partial charge in [-0.1, -0.05) is 37.8 Å². The molecule has 0 bridgehead atoms. The van der Waals surface area contributed by atoms with E-state index in [0.717, 1.165) is 23.8 Å². The summed E-state index contributed by atoms with van der Waals surface area (Å²) in [7, 11) is 0. The number of para-hydroxylation sites is 2. The van der Waals surface area contributed by atoms with Crippen molar-refractivity contribution < 1.29 is 0 Å². The Kier molecular flexibility index (Phi) is 3.55. The minimum absolute atomic E-state index is 0.499. The van der Waals surface area contributed by atoms with Gasteiger partial charge in [-0.2, -0.15) is 0 Å². The smallest absolute Gasteiger partial charge is 0.124 e. The second kappa shape index (κ2) is 5.31. The number of rotatable bonds is 4. The van der Waals surface area contributed by atoms with Crippen molar-refractivity contribution in [1.29, 1.82) is 0 Å². The van der Waals surface area contributed by atoms with Gasteiger partial charge in [0.05, 0.1) is 16.9 Å². The monoisotopic (exact) mass is 262 g/mol. The first-order chi connectivity index (χ1) is 8.88. The van der Waals surface area contributed by atoms with E-state index in [-0.39, 0.29) is 0 Å². The molecular weight excluding hydrogens is 244 g/mol. The lowest BCUT2D eigenvalue weighted by molar-refractivity contribution is 0.458. The molecule has 0 radical (unpaired) electrons. The average molecular weight is 263 g/mol. The summed E-state index contributed by atoms with van der Waals surface area (Å²) in [6, 6.07) is 8.33. The lowest BCUT2D eigenvalue weighted by Crippen LogP contribution is -2.06. The lowest BCUT2D eigenvalue weighted by Gasteiger charge is -2.11. The maximum Gasteiger partial charge on any atom is 0.124 e. The Labute approximate surface area is 113 Å². The van der Waals surface area contributed by atoms with Gasteiger partial charge in [-0.15, -0.1) is 11.6 Å². The number of aromatic nitrogens is 2. The third-order valence-electron chi connectivity index (χ3n) is 4.09. The highest BCUT2D eigenvalue weighted by atomic mass is 35.5. The highest BCUT2D eigenvalue weighted by molar-refractivity contribution is 6.16. The molecule has 1 aromatic carbocycles. The Balaban J connectivity index is 1.84. The van der Waals surface area contributed by atoms with Gasteiger partial charge in [0.15, 0.2) is 0 Å². The fraction of sp³-hybridized carbons (Fsp3) is 0.533. The molecule has 0 unspecified atom stereocenters. The SMILES string of the molecule is ClCc1nc2ccccc2n1CCC1CCCC1. The number of fused-ring (bicyclic) bond motifs is 1. The molecule has 3 heteroatoms. The van der Waals surface area contributed by atoms with Crippen LogP contribution in [0.1, 0.15) is 37.9 Å². The summed E-state index contributed by atoms with van der Waals surface area (Å²) in [6.07, 6.45) is 6.91. The van der Waals surface area contributed by atoms with E-state index >= 15 is 0 Å². The molecule has 1 aliphatic rings. The summed E-state index contributed by atoms with van der Waals surface area (Å²) in [6.45, 7) is 1.06. The van der Waals surface area contributed by atoms with Gasteiger partial charge < -0.3 is 4.57 Å². The summed E-state index contributed by atoms with van der Waals surface area (Å²) < 4.78 is 2.31. The number of imidazole rings is 1. The molecule has 2 aromatic rings. The topological polar surface area (TPSA) is 17.8 Å². The zero-order valence-electron chi connectivity index (χ0n) is 10.6. The molecule has 0 aliphatic heterocycles. The van der Waals surface area contributed by atoms with Crippen molar-refractivity contribution in [3.8, 4) is 0 Å².